The van der Waals surface area contributed by atoms with Crippen LogP contribution in [0.5, 0.6) is 0 Å². The van der Waals surface area contributed by atoms with Gasteiger partial charge in [0.1, 0.15) is 0 Å². The van der Waals surface area contributed by atoms with Gasteiger partial charge in [-0.25, -0.2) is 0 Å². The van der Waals surface area contributed by atoms with E-state index in [4.69, 9.17) is 5.11 Å². The molecular weight excluding hydrogens is 202 g/mol. The van der Waals surface area contributed by atoms with Crippen molar-refractivity contribution in [3.8, 4) is 0 Å². The van der Waals surface area contributed by atoms with E-state index in [-0.39, 0.29) is 24.5 Å². The summed E-state index contributed by atoms with van der Waals surface area (Å²) < 4.78 is 0. The Kier molecular flexibility index (Phi) is 6.46. The average Bonchev–Trinajstić information content (AvgIpc) is 2.16. The van der Waals surface area contributed by atoms with Crippen molar-refractivity contribution in [2.24, 2.45) is 5.92 Å². The summed E-state index contributed by atoms with van der Waals surface area (Å²) in [6.45, 7) is 2.10. The SMILES string of the molecule is CC(CCO)NC(=O)C1CCCCCCC1. The Hall–Kier alpha value is -0.570. The highest BCUT2D eigenvalue weighted by Crippen LogP contribution is 2.22. The van der Waals surface area contributed by atoms with Gasteiger partial charge < -0.3 is 10.4 Å². The number of nitrogens with one attached hydrogen (secondary N) is 1. The van der Waals surface area contributed by atoms with Crippen LogP contribution in [0.1, 0.15) is 58.3 Å². The molecule has 0 aliphatic heterocycles. The molecule has 1 fully saturated rings. The van der Waals surface area contributed by atoms with Crippen molar-refractivity contribution >= 4 is 5.91 Å². The van der Waals surface area contributed by atoms with Crippen LogP contribution in [0.2, 0.25) is 0 Å². The number of carbonyl (C=O) groups excluding carboxylic acids is 1. The maximum Gasteiger partial charge on any atom is 0.223 e. The van der Waals surface area contributed by atoms with Crippen molar-refractivity contribution in [2.45, 2.75) is 64.3 Å². The van der Waals surface area contributed by atoms with E-state index >= 15 is 0 Å². The summed E-state index contributed by atoms with van der Waals surface area (Å²) in [6.07, 6.45) is 8.98. The molecule has 0 heterocycles. The molecule has 1 amide bonds. The van der Waals surface area contributed by atoms with Crippen LogP contribution in [0, 0.1) is 5.92 Å². The fourth-order valence-electron chi connectivity index (χ4n) is 2.34. The van der Waals surface area contributed by atoms with Crippen LogP contribution in [0.25, 0.3) is 0 Å². The molecule has 1 aliphatic carbocycles. The first kappa shape index (κ1) is 13.5. The zero-order valence-corrected chi connectivity index (χ0v) is 10.4. The second kappa shape index (κ2) is 7.66. The molecule has 3 heteroatoms. The van der Waals surface area contributed by atoms with E-state index in [9.17, 15) is 4.79 Å². The minimum Gasteiger partial charge on any atom is -0.396 e. The zero-order valence-electron chi connectivity index (χ0n) is 10.4. The molecule has 0 aromatic carbocycles. The van der Waals surface area contributed by atoms with E-state index in [1.807, 2.05) is 6.92 Å². The highest BCUT2D eigenvalue weighted by atomic mass is 16.3. The lowest BCUT2D eigenvalue weighted by atomic mass is 9.90. The molecule has 0 aromatic heterocycles. The van der Waals surface area contributed by atoms with E-state index < -0.39 is 0 Å². The molecule has 3 nitrogen and oxygen atoms in total. The van der Waals surface area contributed by atoms with Gasteiger partial charge in [-0.2, -0.15) is 0 Å². The summed E-state index contributed by atoms with van der Waals surface area (Å²) in [5, 5.41) is 11.8. The quantitative estimate of drug-likeness (QED) is 0.774. The van der Waals surface area contributed by atoms with Crippen LogP contribution in [0.15, 0.2) is 0 Å². The largest absolute Gasteiger partial charge is 0.396 e. The lowest BCUT2D eigenvalue weighted by molar-refractivity contribution is -0.126. The number of aliphatic hydroxyl groups excluding tert-OH is 1. The highest BCUT2D eigenvalue weighted by molar-refractivity contribution is 5.78. The van der Waals surface area contributed by atoms with Crippen molar-refractivity contribution in [2.75, 3.05) is 6.61 Å². The number of rotatable bonds is 4. The molecule has 0 radical (unpaired) electrons. The average molecular weight is 227 g/mol. The van der Waals surface area contributed by atoms with Crippen LogP contribution in [-0.4, -0.2) is 23.7 Å². The zero-order chi connectivity index (χ0) is 11.8. The van der Waals surface area contributed by atoms with Crippen LogP contribution >= 0.6 is 0 Å². The van der Waals surface area contributed by atoms with Crippen molar-refractivity contribution in [3.05, 3.63) is 0 Å². The van der Waals surface area contributed by atoms with Gasteiger partial charge in [-0.3, -0.25) is 4.79 Å². The molecule has 0 aromatic rings. The monoisotopic (exact) mass is 227 g/mol. The van der Waals surface area contributed by atoms with Gasteiger partial charge in [-0.1, -0.05) is 32.1 Å². The fourth-order valence-corrected chi connectivity index (χ4v) is 2.34. The van der Waals surface area contributed by atoms with Gasteiger partial charge in [0.25, 0.3) is 0 Å². The lowest BCUT2D eigenvalue weighted by Crippen LogP contribution is -2.38. The summed E-state index contributed by atoms with van der Waals surface area (Å²) >= 11 is 0. The van der Waals surface area contributed by atoms with Gasteiger partial charge in [0.2, 0.25) is 5.91 Å². The van der Waals surface area contributed by atoms with E-state index in [1.54, 1.807) is 0 Å². The van der Waals surface area contributed by atoms with E-state index in [1.165, 1.54) is 32.1 Å². The number of hydrogen-bond donors (Lipinski definition) is 2. The Balaban J connectivity index is 2.32. The Morgan fingerprint density at radius 2 is 1.81 bits per heavy atom. The van der Waals surface area contributed by atoms with Crippen molar-refractivity contribution in [1.82, 2.24) is 5.32 Å². The van der Waals surface area contributed by atoms with E-state index in [0.717, 1.165) is 12.8 Å². The molecule has 2 N–H and O–H groups in total. The number of amides is 1. The predicted molar refractivity (Wildman–Crippen MR) is 65.1 cm³/mol. The van der Waals surface area contributed by atoms with Crippen LogP contribution < -0.4 is 5.32 Å². The first-order chi connectivity index (χ1) is 7.74. The first-order valence-electron chi connectivity index (χ1n) is 6.65. The predicted octanol–water partition coefficient (Wildman–Crippen LogP) is 2.23. The van der Waals surface area contributed by atoms with Gasteiger partial charge in [0.15, 0.2) is 0 Å². The molecule has 1 unspecified atom stereocenters. The summed E-state index contributed by atoms with van der Waals surface area (Å²) in [5.41, 5.74) is 0. The van der Waals surface area contributed by atoms with Gasteiger partial charge in [0, 0.05) is 18.6 Å². The van der Waals surface area contributed by atoms with Crippen molar-refractivity contribution in [3.63, 3.8) is 0 Å². The van der Waals surface area contributed by atoms with E-state index in [0.29, 0.717) is 6.42 Å². The Morgan fingerprint density at radius 3 is 2.38 bits per heavy atom. The second-order valence-electron chi connectivity index (χ2n) is 4.96. The summed E-state index contributed by atoms with van der Waals surface area (Å²) in [7, 11) is 0. The number of hydrogen-bond acceptors (Lipinski definition) is 2. The van der Waals surface area contributed by atoms with Gasteiger partial charge in [0.05, 0.1) is 0 Å². The summed E-state index contributed by atoms with van der Waals surface area (Å²) in [6, 6.07) is 0.0999. The smallest absolute Gasteiger partial charge is 0.223 e. The molecule has 1 saturated carbocycles. The third-order valence-corrected chi connectivity index (χ3v) is 3.43. The normalized spacial score (nSPS) is 20.9. The molecule has 1 rings (SSSR count). The molecule has 1 atom stereocenters. The molecule has 16 heavy (non-hydrogen) atoms. The molecule has 94 valence electrons. The van der Waals surface area contributed by atoms with E-state index in [2.05, 4.69) is 5.32 Å². The second-order valence-corrected chi connectivity index (χ2v) is 4.96. The van der Waals surface area contributed by atoms with Crippen LogP contribution in [-0.2, 0) is 4.79 Å². The Morgan fingerprint density at radius 1 is 1.25 bits per heavy atom. The third-order valence-electron chi connectivity index (χ3n) is 3.43. The van der Waals surface area contributed by atoms with Crippen molar-refractivity contribution in [1.29, 1.82) is 0 Å². The minimum atomic E-state index is 0.0999. The van der Waals surface area contributed by atoms with Crippen LogP contribution in [0.3, 0.4) is 0 Å². The summed E-state index contributed by atoms with van der Waals surface area (Å²) in [5.74, 6) is 0.407. The molecule has 0 bridgehead atoms. The first-order valence-corrected chi connectivity index (χ1v) is 6.65. The Labute approximate surface area is 98.6 Å². The number of carbonyl (C=O) groups is 1. The lowest BCUT2D eigenvalue weighted by Gasteiger charge is -2.21. The molecular formula is C13H25NO2. The van der Waals surface area contributed by atoms with Gasteiger partial charge >= 0.3 is 0 Å². The maximum atomic E-state index is 12.0. The standard InChI is InChI=1S/C13H25NO2/c1-11(9-10-15)14-13(16)12-7-5-3-2-4-6-8-12/h11-12,15H,2-10H2,1H3,(H,14,16). The molecule has 0 saturated heterocycles. The molecule has 1 aliphatic rings. The van der Waals surface area contributed by atoms with Gasteiger partial charge in [-0.15, -0.1) is 0 Å². The minimum absolute atomic E-state index is 0.0999. The fraction of sp³-hybridized carbons (Fsp3) is 0.923. The maximum absolute atomic E-state index is 12.0. The van der Waals surface area contributed by atoms with Gasteiger partial charge in [-0.05, 0) is 26.2 Å². The third kappa shape index (κ3) is 4.97. The number of aliphatic hydroxyl groups is 1. The highest BCUT2D eigenvalue weighted by Gasteiger charge is 2.20. The Bertz CT molecular complexity index is 198. The van der Waals surface area contributed by atoms with Crippen LogP contribution in [0.4, 0.5) is 0 Å². The molecule has 0 spiro atoms. The van der Waals surface area contributed by atoms with Crippen molar-refractivity contribution < 1.29 is 9.90 Å². The summed E-state index contributed by atoms with van der Waals surface area (Å²) in [4.78, 5) is 12.0. The topological polar surface area (TPSA) is 49.3 Å².